The van der Waals surface area contributed by atoms with Gasteiger partial charge in [-0.15, -0.1) is 0 Å². The first-order valence-electron chi connectivity index (χ1n) is 5.83. The topological polar surface area (TPSA) is 37.8 Å². The van der Waals surface area contributed by atoms with E-state index in [2.05, 4.69) is 15.3 Å². The number of nitrogens with zero attached hydrogens (tertiary/aromatic N) is 2. The fourth-order valence-corrected chi connectivity index (χ4v) is 2.02. The number of aromatic nitrogens is 2. The number of aryl methyl sites for hydroxylation is 1. The van der Waals surface area contributed by atoms with E-state index in [1.54, 1.807) is 13.8 Å². The quantitative estimate of drug-likeness (QED) is 0.770. The smallest absolute Gasteiger partial charge is 0.339 e. The van der Waals surface area contributed by atoms with Crippen LogP contribution in [0.2, 0.25) is 10.2 Å². The second-order valence-corrected chi connectivity index (χ2v) is 5.12. The van der Waals surface area contributed by atoms with Crippen LogP contribution in [0.1, 0.15) is 17.0 Å². The van der Waals surface area contributed by atoms with Gasteiger partial charge in [0.1, 0.15) is 16.8 Å². The highest BCUT2D eigenvalue weighted by Crippen LogP contribution is 2.35. The zero-order valence-corrected chi connectivity index (χ0v) is 12.5. The lowest BCUT2D eigenvalue weighted by molar-refractivity contribution is -0.137. The first-order chi connectivity index (χ1) is 9.68. The standard InChI is InChI=1S/C13H10Cl2F3N3/c1-6-11(15)19-7(2)20-12(6)21-10-5-8(13(16,17)18)3-4-9(10)14/h3-5H,1-2H3,(H,19,20,21). The van der Waals surface area contributed by atoms with Gasteiger partial charge in [-0.1, -0.05) is 23.2 Å². The molecule has 0 aliphatic carbocycles. The van der Waals surface area contributed by atoms with Gasteiger partial charge in [-0.2, -0.15) is 13.2 Å². The van der Waals surface area contributed by atoms with Gasteiger partial charge in [0.25, 0.3) is 0 Å². The molecule has 0 aliphatic heterocycles. The minimum Gasteiger partial charge on any atom is -0.339 e. The Labute approximate surface area is 129 Å². The van der Waals surface area contributed by atoms with Crippen molar-refractivity contribution in [2.75, 3.05) is 5.32 Å². The van der Waals surface area contributed by atoms with Crippen LogP contribution in [0.4, 0.5) is 24.7 Å². The maximum absolute atomic E-state index is 12.7. The molecule has 0 radical (unpaired) electrons. The molecule has 1 N–H and O–H groups in total. The van der Waals surface area contributed by atoms with Crippen LogP contribution in [0.3, 0.4) is 0 Å². The minimum atomic E-state index is -4.45. The van der Waals surface area contributed by atoms with Crippen LogP contribution in [-0.4, -0.2) is 9.97 Å². The van der Waals surface area contributed by atoms with E-state index in [0.29, 0.717) is 17.2 Å². The summed E-state index contributed by atoms with van der Waals surface area (Å²) in [5.74, 6) is 0.713. The summed E-state index contributed by atoms with van der Waals surface area (Å²) in [4.78, 5) is 8.07. The summed E-state index contributed by atoms with van der Waals surface area (Å²) in [5.41, 5.74) is -0.177. The number of hydrogen-bond donors (Lipinski definition) is 1. The molecule has 0 fully saturated rings. The largest absolute Gasteiger partial charge is 0.416 e. The number of alkyl halides is 3. The molecule has 2 aromatic rings. The van der Waals surface area contributed by atoms with Gasteiger partial charge >= 0.3 is 6.18 Å². The van der Waals surface area contributed by atoms with E-state index in [1.807, 2.05) is 0 Å². The Morgan fingerprint density at radius 1 is 1.10 bits per heavy atom. The number of rotatable bonds is 2. The lowest BCUT2D eigenvalue weighted by Crippen LogP contribution is -2.07. The highest BCUT2D eigenvalue weighted by Gasteiger charge is 2.31. The highest BCUT2D eigenvalue weighted by atomic mass is 35.5. The van der Waals surface area contributed by atoms with Gasteiger partial charge in [-0.3, -0.25) is 0 Å². The normalized spacial score (nSPS) is 11.6. The SMILES string of the molecule is Cc1nc(Cl)c(C)c(Nc2cc(C(F)(F)F)ccc2Cl)n1. The molecule has 0 spiro atoms. The van der Waals surface area contributed by atoms with Gasteiger partial charge in [-0.25, -0.2) is 9.97 Å². The molecule has 3 nitrogen and oxygen atoms in total. The summed E-state index contributed by atoms with van der Waals surface area (Å²) < 4.78 is 38.2. The second-order valence-electron chi connectivity index (χ2n) is 4.35. The summed E-state index contributed by atoms with van der Waals surface area (Å²) in [7, 11) is 0. The van der Waals surface area contributed by atoms with Gasteiger partial charge in [0.15, 0.2) is 0 Å². The minimum absolute atomic E-state index is 0.101. The van der Waals surface area contributed by atoms with Crippen LogP contribution >= 0.6 is 23.2 Å². The van der Waals surface area contributed by atoms with Crippen molar-refractivity contribution in [1.29, 1.82) is 0 Å². The van der Waals surface area contributed by atoms with E-state index >= 15 is 0 Å². The first-order valence-corrected chi connectivity index (χ1v) is 6.58. The fourth-order valence-electron chi connectivity index (χ4n) is 1.64. The maximum Gasteiger partial charge on any atom is 0.416 e. The van der Waals surface area contributed by atoms with Crippen molar-refractivity contribution < 1.29 is 13.2 Å². The molecule has 0 atom stereocenters. The Balaban J connectivity index is 2.45. The number of halogens is 5. The number of hydrogen-bond acceptors (Lipinski definition) is 3. The van der Waals surface area contributed by atoms with Crippen molar-refractivity contribution >= 4 is 34.7 Å². The predicted octanol–water partition coefficient (Wildman–Crippen LogP) is 5.16. The van der Waals surface area contributed by atoms with Gasteiger partial charge in [-0.05, 0) is 32.0 Å². The molecule has 2 rings (SSSR count). The van der Waals surface area contributed by atoms with E-state index in [0.717, 1.165) is 12.1 Å². The molecule has 0 saturated heterocycles. The van der Waals surface area contributed by atoms with Crippen molar-refractivity contribution in [3.05, 3.63) is 45.3 Å². The van der Waals surface area contributed by atoms with Crippen LogP contribution in [0.25, 0.3) is 0 Å². The van der Waals surface area contributed by atoms with Crippen molar-refractivity contribution in [3.8, 4) is 0 Å². The van der Waals surface area contributed by atoms with Crippen molar-refractivity contribution in [2.45, 2.75) is 20.0 Å². The average molecular weight is 336 g/mol. The lowest BCUT2D eigenvalue weighted by atomic mass is 10.2. The van der Waals surface area contributed by atoms with Crippen LogP contribution in [0, 0.1) is 13.8 Å². The Morgan fingerprint density at radius 3 is 2.38 bits per heavy atom. The molecule has 1 heterocycles. The third kappa shape index (κ3) is 3.57. The van der Waals surface area contributed by atoms with E-state index in [4.69, 9.17) is 23.2 Å². The molecule has 1 aromatic heterocycles. The van der Waals surface area contributed by atoms with Crippen LogP contribution in [0.5, 0.6) is 0 Å². The Hall–Kier alpha value is -1.53. The van der Waals surface area contributed by atoms with Crippen molar-refractivity contribution in [2.24, 2.45) is 0 Å². The molecule has 1 aromatic carbocycles. The van der Waals surface area contributed by atoms with Gasteiger partial charge < -0.3 is 5.32 Å². The van der Waals surface area contributed by atoms with Gasteiger partial charge in [0, 0.05) is 5.56 Å². The second kappa shape index (κ2) is 5.69. The highest BCUT2D eigenvalue weighted by molar-refractivity contribution is 6.33. The molecule has 0 aliphatic rings. The fraction of sp³-hybridized carbons (Fsp3) is 0.231. The zero-order valence-electron chi connectivity index (χ0n) is 11.0. The molecular weight excluding hydrogens is 326 g/mol. The molecule has 0 amide bonds. The monoisotopic (exact) mass is 335 g/mol. The molecular formula is C13H10Cl2F3N3. The first kappa shape index (κ1) is 15.9. The lowest BCUT2D eigenvalue weighted by Gasteiger charge is -2.14. The third-order valence-corrected chi connectivity index (χ3v) is 3.44. The van der Waals surface area contributed by atoms with Gasteiger partial charge in [0.05, 0.1) is 16.3 Å². The zero-order chi connectivity index (χ0) is 15.8. The Morgan fingerprint density at radius 2 is 1.76 bits per heavy atom. The molecule has 112 valence electrons. The van der Waals surface area contributed by atoms with Crippen molar-refractivity contribution in [1.82, 2.24) is 9.97 Å². The summed E-state index contributed by atoms with van der Waals surface area (Å²) >= 11 is 11.8. The third-order valence-electron chi connectivity index (χ3n) is 2.74. The molecule has 8 heteroatoms. The predicted molar refractivity (Wildman–Crippen MR) is 76.3 cm³/mol. The summed E-state index contributed by atoms with van der Waals surface area (Å²) in [6.45, 7) is 3.29. The number of anilines is 2. The van der Waals surface area contributed by atoms with E-state index in [1.165, 1.54) is 6.07 Å². The van der Waals surface area contributed by atoms with Crippen LogP contribution < -0.4 is 5.32 Å². The Kier molecular flexibility index (Phi) is 4.30. The molecule has 0 bridgehead atoms. The number of benzene rings is 1. The van der Waals surface area contributed by atoms with E-state index < -0.39 is 11.7 Å². The molecule has 0 saturated carbocycles. The number of nitrogens with one attached hydrogen (secondary N) is 1. The van der Waals surface area contributed by atoms with E-state index in [9.17, 15) is 13.2 Å². The van der Waals surface area contributed by atoms with Crippen LogP contribution in [0.15, 0.2) is 18.2 Å². The van der Waals surface area contributed by atoms with Gasteiger partial charge in [0.2, 0.25) is 0 Å². The van der Waals surface area contributed by atoms with E-state index in [-0.39, 0.29) is 15.9 Å². The van der Waals surface area contributed by atoms with Crippen LogP contribution in [-0.2, 0) is 6.18 Å². The average Bonchev–Trinajstić information content (AvgIpc) is 2.36. The maximum atomic E-state index is 12.7. The summed E-state index contributed by atoms with van der Waals surface area (Å²) in [6.07, 6.45) is -4.45. The summed E-state index contributed by atoms with van der Waals surface area (Å²) in [6, 6.07) is 3.02. The van der Waals surface area contributed by atoms with Crippen molar-refractivity contribution in [3.63, 3.8) is 0 Å². The Bertz CT molecular complexity index is 687. The molecule has 0 unspecified atom stereocenters. The summed E-state index contributed by atoms with van der Waals surface area (Å²) in [5, 5.41) is 3.14. The molecule has 21 heavy (non-hydrogen) atoms.